The zero-order valence-electron chi connectivity index (χ0n) is 13.3. The molecule has 0 saturated carbocycles. The van der Waals surface area contributed by atoms with Crippen LogP contribution >= 0.6 is 0 Å². The molecule has 3 rings (SSSR count). The highest BCUT2D eigenvalue weighted by atomic mass is 16.5. The van der Waals surface area contributed by atoms with Crippen molar-refractivity contribution >= 4 is 5.91 Å². The number of ether oxygens (including phenoxy) is 1. The Balaban J connectivity index is 1.58. The summed E-state index contributed by atoms with van der Waals surface area (Å²) < 4.78 is 6.66. The average molecular weight is 322 g/mol. The second-order valence-electron chi connectivity index (χ2n) is 5.29. The van der Waals surface area contributed by atoms with Crippen molar-refractivity contribution in [1.29, 1.82) is 0 Å². The van der Waals surface area contributed by atoms with E-state index in [2.05, 4.69) is 15.6 Å². The lowest BCUT2D eigenvalue weighted by molar-refractivity contribution is -0.122. The predicted molar refractivity (Wildman–Crippen MR) is 90.3 cm³/mol. The molecule has 2 aromatic carbocycles. The Morgan fingerprint density at radius 1 is 1.12 bits per heavy atom. The van der Waals surface area contributed by atoms with E-state index in [1.54, 1.807) is 13.3 Å². The van der Waals surface area contributed by atoms with Crippen LogP contribution in [0.5, 0.6) is 5.75 Å². The van der Waals surface area contributed by atoms with Gasteiger partial charge in [0.2, 0.25) is 5.91 Å². The summed E-state index contributed by atoms with van der Waals surface area (Å²) in [6.45, 7) is 0.635. The van der Waals surface area contributed by atoms with E-state index >= 15 is 0 Å². The molecule has 1 heterocycles. The molecule has 0 aliphatic heterocycles. The molecule has 24 heavy (non-hydrogen) atoms. The van der Waals surface area contributed by atoms with Crippen molar-refractivity contribution in [2.24, 2.45) is 0 Å². The van der Waals surface area contributed by atoms with E-state index in [4.69, 9.17) is 4.74 Å². The number of carbonyl (C=O) groups is 1. The van der Waals surface area contributed by atoms with Gasteiger partial charge in [-0.15, -0.1) is 5.10 Å². The fraction of sp³-hybridized carbons (Fsp3) is 0.167. The quantitative estimate of drug-likeness (QED) is 0.756. The number of hydrogen-bond acceptors (Lipinski definition) is 4. The Kier molecular flexibility index (Phi) is 4.86. The number of methoxy groups -OCH3 is 1. The van der Waals surface area contributed by atoms with E-state index in [0.29, 0.717) is 12.2 Å². The Bertz CT molecular complexity index is 797. The molecule has 1 amide bonds. The smallest absolute Gasteiger partial charge is 0.242 e. The van der Waals surface area contributed by atoms with Crippen LogP contribution in [0, 0.1) is 0 Å². The standard InChI is InChI=1S/C18H18N4O2/c1-24-16-9-7-15(8-10-16)17-12-22(21-20-17)13-18(23)19-11-14-5-3-2-4-6-14/h2-10,12H,11,13H2,1H3,(H,19,23). The number of nitrogens with one attached hydrogen (secondary N) is 1. The lowest BCUT2D eigenvalue weighted by Crippen LogP contribution is -2.27. The molecular formula is C18H18N4O2. The van der Waals surface area contributed by atoms with Crippen molar-refractivity contribution in [3.63, 3.8) is 0 Å². The summed E-state index contributed by atoms with van der Waals surface area (Å²) in [4.78, 5) is 12.0. The summed E-state index contributed by atoms with van der Waals surface area (Å²) in [6.07, 6.45) is 1.75. The summed E-state index contributed by atoms with van der Waals surface area (Å²) in [5.74, 6) is 0.677. The van der Waals surface area contributed by atoms with Gasteiger partial charge in [0, 0.05) is 12.1 Å². The average Bonchev–Trinajstić information content (AvgIpc) is 3.09. The number of benzene rings is 2. The maximum Gasteiger partial charge on any atom is 0.242 e. The van der Waals surface area contributed by atoms with Crippen molar-refractivity contribution in [2.45, 2.75) is 13.1 Å². The van der Waals surface area contributed by atoms with Gasteiger partial charge in [-0.2, -0.15) is 0 Å². The van der Waals surface area contributed by atoms with Gasteiger partial charge < -0.3 is 10.1 Å². The summed E-state index contributed by atoms with van der Waals surface area (Å²) in [5, 5.41) is 11.0. The molecule has 0 fully saturated rings. The van der Waals surface area contributed by atoms with Crippen LogP contribution in [0.25, 0.3) is 11.3 Å². The molecule has 0 bridgehead atoms. The van der Waals surface area contributed by atoms with Crippen molar-refractivity contribution in [2.75, 3.05) is 7.11 Å². The van der Waals surface area contributed by atoms with E-state index in [9.17, 15) is 4.79 Å². The minimum Gasteiger partial charge on any atom is -0.497 e. The van der Waals surface area contributed by atoms with Gasteiger partial charge in [0.25, 0.3) is 0 Å². The predicted octanol–water partition coefficient (Wildman–Crippen LogP) is 2.27. The van der Waals surface area contributed by atoms with Gasteiger partial charge in [0.05, 0.1) is 13.3 Å². The molecule has 0 aliphatic carbocycles. The maximum absolute atomic E-state index is 12.0. The summed E-state index contributed by atoms with van der Waals surface area (Å²) in [7, 11) is 1.62. The van der Waals surface area contributed by atoms with Gasteiger partial charge >= 0.3 is 0 Å². The molecule has 6 heteroatoms. The van der Waals surface area contributed by atoms with Gasteiger partial charge in [0.1, 0.15) is 18.0 Å². The number of carbonyl (C=O) groups excluding carboxylic acids is 1. The first-order valence-electron chi connectivity index (χ1n) is 7.60. The Morgan fingerprint density at radius 2 is 1.88 bits per heavy atom. The molecule has 0 unspecified atom stereocenters. The molecule has 0 saturated heterocycles. The first-order valence-corrected chi connectivity index (χ1v) is 7.60. The molecule has 122 valence electrons. The van der Waals surface area contributed by atoms with E-state index in [-0.39, 0.29) is 12.5 Å². The zero-order chi connectivity index (χ0) is 16.8. The monoisotopic (exact) mass is 322 g/mol. The maximum atomic E-state index is 12.0. The van der Waals surface area contributed by atoms with Crippen molar-refractivity contribution in [1.82, 2.24) is 20.3 Å². The Hall–Kier alpha value is -3.15. The molecule has 1 N–H and O–H groups in total. The van der Waals surface area contributed by atoms with Gasteiger partial charge in [-0.05, 0) is 29.8 Å². The van der Waals surface area contributed by atoms with E-state index in [1.807, 2.05) is 54.6 Å². The van der Waals surface area contributed by atoms with Gasteiger partial charge in [-0.3, -0.25) is 4.79 Å². The Morgan fingerprint density at radius 3 is 2.58 bits per heavy atom. The number of aromatic nitrogens is 3. The molecule has 6 nitrogen and oxygen atoms in total. The summed E-state index contributed by atoms with van der Waals surface area (Å²) in [5.41, 5.74) is 2.70. The van der Waals surface area contributed by atoms with Gasteiger partial charge in [0.15, 0.2) is 0 Å². The first kappa shape index (κ1) is 15.7. The highest BCUT2D eigenvalue weighted by molar-refractivity contribution is 5.75. The molecular weight excluding hydrogens is 304 g/mol. The minimum absolute atomic E-state index is 0.106. The third-order valence-corrected chi connectivity index (χ3v) is 3.56. The molecule has 3 aromatic rings. The molecule has 0 spiro atoms. The largest absolute Gasteiger partial charge is 0.497 e. The van der Waals surface area contributed by atoms with Crippen LogP contribution in [0.4, 0.5) is 0 Å². The second kappa shape index (κ2) is 7.41. The zero-order valence-corrected chi connectivity index (χ0v) is 13.3. The highest BCUT2D eigenvalue weighted by Crippen LogP contribution is 2.19. The fourth-order valence-corrected chi connectivity index (χ4v) is 2.27. The van der Waals surface area contributed by atoms with Crippen LogP contribution < -0.4 is 10.1 Å². The molecule has 0 atom stereocenters. The van der Waals surface area contributed by atoms with Crippen molar-refractivity contribution < 1.29 is 9.53 Å². The molecule has 0 aliphatic rings. The second-order valence-corrected chi connectivity index (χ2v) is 5.29. The molecule has 0 radical (unpaired) electrons. The van der Waals surface area contributed by atoms with Gasteiger partial charge in [-0.1, -0.05) is 35.5 Å². The first-order chi connectivity index (χ1) is 11.7. The van der Waals surface area contributed by atoms with Crippen LogP contribution in [0.1, 0.15) is 5.56 Å². The summed E-state index contributed by atoms with van der Waals surface area (Å²) >= 11 is 0. The van der Waals surface area contributed by atoms with Crippen molar-refractivity contribution in [3.05, 3.63) is 66.4 Å². The van der Waals surface area contributed by atoms with Crippen LogP contribution in [0.3, 0.4) is 0 Å². The lowest BCUT2D eigenvalue weighted by Gasteiger charge is -2.04. The SMILES string of the molecule is COc1ccc(-c2cn(CC(=O)NCc3ccccc3)nn2)cc1. The Labute approximate surface area is 140 Å². The van der Waals surface area contributed by atoms with E-state index in [1.165, 1.54) is 4.68 Å². The number of hydrogen-bond donors (Lipinski definition) is 1. The van der Waals surface area contributed by atoms with E-state index in [0.717, 1.165) is 16.9 Å². The van der Waals surface area contributed by atoms with Crippen LogP contribution in [-0.4, -0.2) is 28.0 Å². The third-order valence-electron chi connectivity index (χ3n) is 3.56. The normalized spacial score (nSPS) is 10.4. The van der Waals surface area contributed by atoms with Crippen molar-refractivity contribution in [3.8, 4) is 17.0 Å². The lowest BCUT2D eigenvalue weighted by atomic mass is 10.2. The van der Waals surface area contributed by atoms with Crippen LogP contribution in [0.2, 0.25) is 0 Å². The van der Waals surface area contributed by atoms with Crippen LogP contribution in [0.15, 0.2) is 60.8 Å². The number of nitrogens with zero attached hydrogens (tertiary/aromatic N) is 3. The van der Waals surface area contributed by atoms with Gasteiger partial charge in [-0.25, -0.2) is 4.68 Å². The van der Waals surface area contributed by atoms with E-state index < -0.39 is 0 Å². The minimum atomic E-state index is -0.106. The third kappa shape index (κ3) is 3.98. The highest BCUT2D eigenvalue weighted by Gasteiger charge is 2.07. The number of amides is 1. The molecule has 1 aromatic heterocycles. The summed E-state index contributed by atoms with van der Waals surface area (Å²) in [6, 6.07) is 17.3. The topological polar surface area (TPSA) is 69.0 Å². The van der Waals surface area contributed by atoms with Crippen LogP contribution in [-0.2, 0) is 17.9 Å². The fourth-order valence-electron chi connectivity index (χ4n) is 2.27. The number of rotatable bonds is 6.